The van der Waals surface area contributed by atoms with E-state index >= 15 is 0 Å². The van der Waals surface area contributed by atoms with Crippen LogP contribution >= 0.6 is 11.6 Å². The SMILES string of the molecule is CCC[C@]1(O)CCN(Cc2cc(=O)c3cc(C#Cc4ncc(-c5ccc(Cl)cc5)cc4F)ccc3o2)C[C@H]1O. The van der Waals surface area contributed by atoms with Crippen molar-refractivity contribution in [3.8, 4) is 23.0 Å². The molecule has 8 heteroatoms. The number of halogens is 2. The molecule has 0 aliphatic carbocycles. The normalized spacial score (nSPS) is 19.6. The summed E-state index contributed by atoms with van der Waals surface area (Å²) >= 11 is 5.92. The molecule has 2 atom stereocenters. The highest BCUT2D eigenvalue weighted by Gasteiger charge is 2.39. The minimum atomic E-state index is -1.07. The molecule has 5 rings (SSSR count). The summed E-state index contributed by atoms with van der Waals surface area (Å²) < 4.78 is 20.7. The van der Waals surface area contributed by atoms with Crippen molar-refractivity contribution >= 4 is 22.6 Å². The Balaban J connectivity index is 1.32. The predicted molar refractivity (Wildman–Crippen MR) is 149 cm³/mol. The number of aromatic nitrogens is 1. The summed E-state index contributed by atoms with van der Waals surface area (Å²) in [7, 11) is 0. The summed E-state index contributed by atoms with van der Waals surface area (Å²) in [6.07, 6.45) is 2.50. The lowest BCUT2D eigenvalue weighted by atomic mass is 9.84. The molecule has 4 aromatic rings. The van der Waals surface area contributed by atoms with Crippen molar-refractivity contribution in [1.29, 1.82) is 0 Å². The number of pyridine rings is 1. The second kappa shape index (κ2) is 11.3. The maximum absolute atomic E-state index is 14.7. The summed E-state index contributed by atoms with van der Waals surface area (Å²) in [5, 5.41) is 22.1. The number of piperidine rings is 1. The Hall–Kier alpha value is -3.54. The summed E-state index contributed by atoms with van der Waals surface area (Å²) in [5.41, 5.74) is 1.07. The number of benzene rings is 2. The van der Waals surface area contributed by atoms with Gasteiger partial charge >= 0.3 is 0 Å². The molecular formula is C31H28ClFN2O4. The summed E-state index contributed by atoms with van der Waals surface area (Å²) in [4.78, 5) is 19.0. The molecule has 200 valence electrons. The standard InChI is InChI=1S/C31H28ClFN2O4/c1-2-11-31(38)12-13-35(19-30(31)37)18-24-16-28(36)25-14-20(4-10-29(25)39-24)3-9-27-26(33)15-22(17-34-27)21-5-7-23(32)8-6-21/h4-8,10,14-17,30,37-38H,2,11-13,18-19H2,1H3/t30-,31+/m1/s1. The quantitative estimate of drug-likeness (QED) is 0.337. The molecule has 0 bridgehead atoms. The zero-order valence-corrected chi connectivity index (χ0v) is 22.2. The van der Waals surface area contributed by atoms with Gasteiger partial charge in [0.05, 0.1) is 23.6 Å². The van der Waals surface area contributed by atoms with E-state index in [0.717, 1.165) is 12.0 Å². The number of hydrogen-bond acceptors (Lipinski definition) is 6. The first-order valence-corrected chi connectivity index (χ1v) is 13.2. The molecule has 2 aromatic heterocycles. The maximum atomic E-state index is 14.7. The molecule has 1 aliphatic heterocycles. The van der Waals surface area contributed by atoms with Crippen molar-refractivity contribution in [3.05, 3.63) is 98.9 Å². The van der Waals surface area contributed by atoms with Gasteiger partial charge in [-0.2, -0.15) is 0 Å². The van der Waals surface area contributed by atoms with E-state index in [1.807, 2.05) is 11.8 Å². The van der Waals surface area contributed by atoms with Gasteiger partial charge in [-0.1, -0.05) is 43.0 Å². The molecule has 0 saturated carbocycles. The zero-order chi connectivity index (χ0) is 27.6. The van der Waals surface area contributed by atoms with E-state index in [0.29, 0.717) is 65.4 Å². The molecule has 0 unspecified atom stereocenters. The largest absolute Gasteiger partial charge is 0.459 e. The molecular weight excluding hydrogens is 519 g/mol. The molecule has 6 nitrogen and oxygen atoms in total. The Labute approximate surface area is 230 Å². The average Bonchev–Trinajstić information content (AvgIpc) is 2.91. The number of aliphatic hydroxyl groups excluding tert-OH is 1. The number of likely N-dealkylation sites (tertiary alicyclic amines) is 1. The minimum absolute atomic E-state index is 0.00440. The van der Waals surface area contributed by atoms with Crippen molar-refractivity contribution in [2.75, 3.05) is 13.1 Å². The van der Waals surface area contributed by atoms with Crippen molar-refractivity contribution in [2.45, 2.75) is 44.4 Å². The Morgan fingerprint density at radius 3 is 2.67 bits per heavy atom. The number of fused-ring (bicyclic) bond motifs is 1. The van der Waals surface area contributed by atoms with Gasteiger partial charge in [-0.05, 0) is 60.7 Å². The molecule has 3 heterocycles. The second-order valence-electron chi connectivity index (χ2n) is 9.95. The van der Waals surface area contributed by atoms with Gasteiger partial charge in [0.1, 0.15) is 17.0 Å². The summed E-state index contributed by atoms with van der Waals surface area (Å²) in [6.45, 7) is 3.23. The highest BCUT2D eigenvalue weighted by molar-refractivity contribution is 6.30. The first-order valence-electron chi connectivity index (χ1n) is 12.9. The van der Waals surface area contributed by atoms with Crippen LogP contribution in [0.3, 0.4) is 0 Å². The molecule has 2 aromatic carbocycles. The lowest BCUT2D eigenvalue weighted by Gasteiger charge is -2.42. The van der Waals surface area contributed by atoms with E-state index in [2.05, 4.69) is 16.8 Å². The van der Waals surface area contributed by atoms with Crippen LogP contribution in [0.25, 0.3) is 22.1 Å². The average molecular weight is 547 g/mol. The van der Waals surface area contributed by atoms with Gasteiger partial charge in [0, 0.05) is 41.5 Å². The first kappa shape index (κ1) is 27.0. The summed E-state index contributed by atoms with van der Waals surface area (Å²) in [5.74, 6) is 5.56. The number of aliphatic hydroxyl groups is 2. The van der Waals surface area contributed by atoms with Crippen LogP contribution < -0.4 is 5.43 Å². The predicted octanol–water partition coefficient (Wildman–Crippen LogP) is 5.15. The zero-order valence-electron chi connectivity index (χ0n) is 21.5. The van der Waals surface area contributed by atoms with Crippen LogP contribution in [0.2, 0.25) is 5.02 Å². The van der Waals surface area contributed by atoms with Crippen molar-refractivity contribution in [2.24, 2.45) is 0 Å². The Morgan fingerprint density at radius 1 is 1.15 bits per heavy atom. The van der Waals surface area contributed by atoms with Crippen LogP contribution in [0, 0.1) is 17.7 Å². The maximum Gasteiger partial charge on any atom is 0.193 e. The Kier molecular flexibility index (Phi) is 7.83. The molecule has 0 amide bonds. The number of rotatable bonds is 5. The smallest absolute Gasteiger partial charge is 0.193 e. The van der Waals surface area contributed by atoms with Crippen LogP contribution in [-0.2, 0) is 6.54 Å². The van der Waals surface area contributed by atoms with Crippen molar-refractivity contribution in [1.82, 2.24) is 9.88 Å². The van der Waals surface area contributed by atoms with Gasteiger partial charge in [0.2, 0.25) is 0 Å². The fraction of sp³-hybridized carbons (Fsp3) is 0.290. The van der Waals surface area contributed by atoms with Gasteiger partial charge < -0.3 is 14.6 Å². The van der Waals surface area contributed by atoms with Crippen molar-refractivity contribution in [3.63, 3.8) is 0 Å². The highest BCUT2D eigenvalue weighted by Crippen LogP contribution is 2.28. The molecule has 0 radical (unpaired) electrons. The van der Waals surface area contributed by atoms with Crippen LogP contribution in [0.1, 0.15) is 43.2 Å². The van der Waals surface area contributed by atoms with E-state index in [1.54, 1.807) is 48.7 Å². The minimum Gasteiger partial charge on any atom is -0.459 e. The van der Waals surface area contributed by atoms with Gasteiger partial charge in [-0.3, -0.25) is 9.69 Å². The lowest BCUT2D eigenvalue weighted by molar-refractivity contribution is -0.125. The molecule has 1 fully saturated rings. The van der Waals surface area contributed by atoms with Crippen LogP contribution in [0.5, 0.6) is 0 Å². The third kappa shape index (κ3) is 6.05. The third-order valence-electron chi connectivity index (χ3n) is 7.10. The van der Waals surface area contributed by atoms with Gasteiger partial charge in [0.15, 0.2) is 11.2 Å². The highest BCUT2D eigenvalue weighted by atomic mass is 35.5. The molecule has 1 saturated heterocycles. The fourth-order valence-corrected chi connectivity index (χ4v) is 5.06. The Morgan fingerprint density at radius 2 is 1.95 bits per heavy atom. The Bertz CT molecular complexity index is 1630. The number of β-amino-alcohol motifs (C(OH)–C–C–N with tert-alkyl or cyclic N) is 1. The van der Waals surface area contributed by atoms with Gasteiger partial charge in [-0.25, -0.2) is 9.37 Å². The number of nitrogens with zero attached hydrogens (tertiary/aromatic N) is 2. The van der Waals surface area contributed by atoms with Gasteiger partial charge in [0.25, 0.3) is 0 Å². The van der Waals surface area contributed by atoms with E-state index in [9.17, 15) is 19.4 Å². The van der Waals surface area contributed by atoms with Crippen LogP contribution in [0.15, 0.2) is 70.0 Å². The van der Waals surface area contributed by atoms with E-state index in [4.69, 9.17) is 16.0 Å². The summed E-state index contributed by atoms with van der Waals surface area (Å²) in [6, 6.07) is 14.9. The van der Waals surface area contributed by atoms with E-state index < -0.39 is 17.5 Å². The third-order valence-corrected chi connectivity index (χ3v) is 7.35. The van der Waals surface area contributed by atoms with Gasteiger partial charge in [-0.15, -0.1) is 0 Å². The fourth-order valence-electron chi connectivity index (χ4n) is 4.94. The molecule has 0 spiro atoms. The monoisotopic (exact) mass is 546 g/mol. The van der Waals surface area contributed by atoms with Crippen LogP contribution in [-0.4, -0.2) is 44.9 Å². The lowest BCUT2D eigenvalue weighted by Crippen LogP contribution is -2.55. The molecule has 1 aliphatic rings. The topological polar surface area (TPSA) is 86.8 Å². The first-order chi connectivity index (χ1) is 18.7. The van der Waals surface area contributed by atoms with Crippen molar-refractivity contribution < 1.29 is 19.0 Å². The van der Waals surface area contributed by atoms with Crippen LogP contribution in [0.4, 0.5) is 4.39 Å². The number of hydrogen-bond donors (Lipinski definition) is 2. The van der Waals surface area contributed by atoms with E-state index in [-0.39, 0.29) is 11.1 Å². The second-order valence-corrected chi connectivity index (χ2v) is 10.4. The van der Waals surface area contributed by atoms with E-state index in [1.165, 1.54) is 12.1 Å². The molecule has 2 N–H and O–H groups in total. The molecule has 39 heavy (non-hydrogen) atoms.